The summed E-state index contributed by atoms with van der Waals surface area (Å²) in [6, 6.07) is 4.10. The minimum absolute atomic E-state index is 0.376. The molecule has 6 heteroatoms. The minimum atomic E-state index is 0.376. The average Bonchev–Trinajstić information content (AvgIpc) is 2.58. The first-order valence-corrected chi connectivity index (χ1v) is 9.22. The SMILES string of the molecule is CCNC(=NCc1ccnc(N(C)C)c1)NCC1(CCOC)CCC1. The van der Waals surface area contributed by atoms with Crippen molar-refractivity contribution in [2.75, 3.05) is 45.8 Å². The molecule has 0 aliphatic heterocycles. The fourth-order valence-electron chi connectivity index (χ4n) is 3.10. The molecular formula is C19H33N5O. The first-order valence-electron chi connectivity index (χ1n) is 9.22. The smallest absolute Gasteiger partial charge is 0.191 e. The second kappa shape index (κ2) is 9.61. The third kappa shape index (κ3) is 5.88. The third-order valence-electron chi connectivity index (χ3n) is 4.91. The molecule has 140 valence electrons. The maximum absolute atomic E-state index is 5.28. The van der Waals surface area contributed by atoms with E-state index in [4.69, 9.17) is 9.73 Å². The molecule has 1 fully saturated rings. The molecule has 0 bridgehead atoms. The van der Waals surface area contributed by atoms with E-state index in [1.165, 1.54) is 19.3 Å². The first-order chi connectivity index (χ1) is 12.1. The van der Waals surface area contributed by atoms with Crippen molar-refractivity contribution in [3.8, 4) is 0 Å². The largest absolute Gasteiger partial charge is 0.385 e. The van der Waals surface area contributed by atoms with Crippen LogP contribution in [0.25, 0.3) is 0 Å². The highest BCUT2D eigenvalue weighted by Gasteiger charge is 2.36. The van der Waals surface area contributed by atoms with Gasteiger partial charge in [0.15, 0.2) is 5.96 Å². The van der Waals surface area contributed by atoms with Crippen LogP contribution in [0.1, 0.15) is 38.2 Å². The minimum Gasteiger partial charge on any atom is -0.385 e. The van der Waals surface area contributed by atoms with Gasteiger partial charge in [-0.25, -0.2) is 9.98 Å². The zero-order valence-corrected chi connectivity index (χ0v) is 16.1. The highest BCUT2D eigenvalue weighted by atomic mass is 16.5. The van der Waals surface area contributed by atoms with Gasteiger partial charge < -0.3 is 20.3 Å². The molecule has 0 spiro atoms. The number of hydrogen-bond acceptors (Lipinski definition) is 4. The predicted octanol–water partition coefficient (Wildman–Crippen LogP) is 2.41. The van der Waals surface area contributed by atoms with E-state index in [-0.39, 0.29) is 0 Å². The molecule has 0 aromatic carbocycles. The maximum Gasteiger partial charge on any atom is 0.191 e. The Bertz CT molecular complexity index is 555. The normalized spacial score (nSPS) is 16.2. The monoisotopic (exact) mass is 347 g/mol. The van der Waals surface area contributed by atoms with Crippen LogP contribution in [0, 0.1) is 5.41 Å². The second-order valence-corrected chi connectivity index (χ2v) is 7.06. The van der Waals surface area contributed by atoms with Crippen molar-refractivity contribution in [3.05, 3.63) is 23.9 Å². The van der Waals surface area contributed by atoms with Gasteiger partial charge in [0.25, 0.3) is 0 Å². The van der Waals surface area contributed by atoms with E-state index in [0.717, 1.165) is 43.5 Å². The molecule has 1 heterocycles. The van der Waals surface area contributed by atoms with Crippen molar-refractivity contribution < 1.29 is 4.74 Å². The molecule has 0 unspecified atom stereocenters. The molecule has 1 aliphatic rings. The van der Waals surface area contributed by atoms with Crippen LogP contribution in [0.4, 0.5) is 5.82 Å². The standard InChI is InChI=1S/C19H33N5O/c1-5-20-18(23-15-19(8-6-9-19)10-12-25-4)22-14-16-7-11-21-17(13-16)24(2)3/h7,11,13H,5-6,8-10,12,14-15H2,1-4H3,(H2,20,22,23). The first kappa shape index (κ1) is 19.5. The molecule has 1 aromatic rings. The summed E-state index contributed by atoms with van der Waals surface area (Å²) in [6.45, 7) is 5.39. The molecule has 0 amide bonds. The Morgan fingerprint density at radius 1 is 1.36 bits per heavy atom. The molecule has 2 rings (SSSR count). The lowest BCUT2D eigenvalue weighted by Crippen LogP contribution is -2.46. The number of anilines is 1. The van der Waals surface area contributed by atoms with Crippen molar-refractivity contribution in [1.29, 1.82) is 0 Å². The van der Waals surface area contributed by atoms with E-state index in [0.29, 0.717) is 12.0 Å². The highest BCUT2D eigenvalue weighted by Crippen LogP contribution is 2.43. The Morgan fingerprint density at radius 2 is 2.16 bits per heavy atom. The summed E-state index contributed by atoms with van der Waals surface area (Å²) in [4.78, 5) is 11.1. The van der Waals surface area contributed by atoms with Crippen LogP contribution < -0.4 is 15.5 Å². The van der Waals surface area contributed by atoms with Crippen molar-refractivity contribution in [3.63, 3.8) is 0 Å². The summed E-state index contributed by atoms with van der Waals surface area (Å²) in [7, 11) is 5.78. The fourth-order valence-corrected chi connectivity index (χ4v) is 3.10. The average molecular weight is 348 g/mol. The third-order valence-corrected chi connectivity index (χ3v) is 4.91. The highest BCUT2D eigenvalue weighted by molar-refractivity contribution is 5.79. The molecule has 2 N–H and O–H groups in total. The van der Waals surface area contributed by atoms with Crippen LogP contribution in [0.3, 0.4) is 0 Å². The number of ether oxygens (including phenoxy) is 1. The predicted molar refractivity (Wildman–Crippen MR) is 104 cm³/mol. The molecule has 6 nitrogen and oxygen atoms in total. The molecule has 0 radical (unpaired) electrons. The van der Waals surface area contributed by atoms with E-state index in [1.54, 1.807) is 7.11 Å². The number of rotatable bonds is 9. The molecule has 0 saturated heterocycles. The summed E-state index contributed by atoms with van der Waals surface area (Å²) in [6.07, 6.45) is 6.84. The number of methoxy groups -OCH3 is 1. The topological polar surface area (TPSA) is 61.8 Å². The van der Waals surface area contributed by atoms with Crippen molar-refractivity contribution in [2.45, 2.75) is 39.2 Å². The van der Waals surface area contributed by atoms with Crippen molar-refractivity contribution in [1.82, 2.24) is 15.6 Å². The lowest BCUT2D eigenvalue weighted by Gasteiger charge is -2.42. The van der Waals surface area contributed by atoms with Gasteiger partial charge in [0, 0.05) is 47.1 Å². The van der Waals surface area contributed by atoms with Gasteiger partial charge >= 0.3 is 0 Å². The Kier molecular flexibility index (Phi) is 7.50. The van der Waals surface area contributed by atoms with Crippen molar-refractivity contribution in [2.24, 2.45) is 10.4 Å². The van der Waals surface area contributed by atoms with Crippen LogP contribution in [0.2, 0.25) is 0 Å². The van der Waals surface area contributed by atoms with Gasteiger partial charge in [-0.15, -0.1) is 0 Å². The number of nitrogens with zero attached hydrogens (tertiary/aromatic N) is 3. The summed E-state index contributed by atoms with van der Waals surface area (Å²) < 4.78 is 5.28. The number of aliphatic imine (C=N–C) groups is 1. The number of guanidine groups is 1. The van der Waals surface area contributed by atoms with Gasteiger partial charge in [-0.2, -0.15) is 0 Å². The van der Waals surface area contributed by atoms with Gasteiger partial charge in [-0.3, -0.25) is 0 Å². The van der Waals surface area contributed by atoms with Gasteiger partial charge in [0.1, 0.15) is 5.82 Å². The second-order valence-electron chi connectivity index (χ2n) is 7.06. The Morgan fingerprint density at radius 3 is 2.76 bits per heavy atom. The van der Waals surface area contributed by atoms with Crippen LogP contribution in [0.15, 0.2) is 23.3 Å². The molecule has 1 aliphatic carbocycles. The molecule has 0 atom stereocenters. The lowest BCUT2D eigenvalue weighted by atomic mass is 9.67. The Balaban J connectivity index is 1.95. The fraction of sp³-hybridized carbons (Fsp3) is 0.684. The van der Waals surface area contributed by atoms with Crippen molar-refractivity contribution >= 4 is 11.8 Å². The summed E-state index contributed by atoms with van der Waals surface area (Å²) in [5, 5.41) is 6.89. The van der Waals surface area contributed by atoms with Crippen LogP contribution in [0.5, 0.6) is 0 Å². The quantitative estimate of drug-likeness (QED) is 0.531. The Labute approximate surface area is 152 Å². The molecule has 25 heavy (non-hydrogen) atoms. The summed E-state index contributed by atoms with van der Waals surface area (Å²) in [5.41, 5.74) is 1.54. The van der Waals surface area contributed by atoms with Crippen LogP contribution in [-0.2, 0) is 11.3 Å². The van der Waals surface area contributed by atoms with E-state index >= 15 is 0 Å². The van der Waals surface area contributed by atoms with Gasteiger partial charge in [-0.05, 0) is 49.3 Å². The summed E-state index contributed by atoms with van der Waals surface area (Å²) in [5.74, 6) is 1.84. The molecule has 1 saturated carbocycles. The van der Waals surface area contributed by atoms with Gasteiger partial charge in [0.05, 0.1) is 6.54 Å². The van der Waals surface area contributed by atoms with E-state index in [9.17, 15) is 0 Å². The lowest BCUT2D eigenvalue weighted by molar-refractivity contribution is 0.0732. The number of aromatic nitrogens is 1. The molecule has 1 aromatic heterocycles. The van der Waals surface area contributed by atoms with Gasteiger partial charge in [0.2, 0.25) is 0 Å². The zero-order chi connectivity index (χ0) is 18.1. The van der Waals surface area contributed by atoms with Gasteiger partial charge in [-0.1, -0.05) is 6.42 Å². The van der Waals surface area contributed by atoms with Crippen LogP contribution >= 0.6 is 0 Å². The van der Waals surface area contributed by atoms with E-state index in [2.05, 4.69) is 28.6 Å². The maximum atomic E-state index is 5.28. The number of nitrogens with one attached hydrogen (secondary N) is 2. The Hall–Kier alpha value is -1.82. The van der Waals surface area contributed by atoms with Crippen LogP contribution in [-0.4, -0.2) is 51.8 Å². The van der Waals surface area contributed by atoms with E-state index < -0.39 is 0 Å². The number of pyridine rings is 1. The molecular weight excluding hydrogens is 314 g/mol. The number of hydrogen-bond donors (Lipinski definition) is 2. The zero-order valence-electron chi connectivity index (χ0n) is 16.1. The van der Waals surface area contributed by atoms with E-state index in [1.807, 2.05) is 31.3 Å². The summed E-state index contributed by atoms with van der Waals surface area (Å²) >= 11 is 0.